The molecule has 0 aromatic rings. The minimum absolute atomic E-state index is 0.0355. The zero-order valence-corrected chi connectivity index (χ0v) is 13.2. The van der Waals surface area contributed by atoms with Gasteiger partial charge in [-0.3, -0.25) is 4.79 Å². The topological polar surface area (TPSA) is 43.4 Å². The van der Waals surface area contributed by atoms with Crippen LogP contribution >= 0.6 is 0 Å². The van der Waals surface area contributed by atoms with Crippen LogP contribution in [0.2, 0.25) is 0 Å². The van der Waals surface area contributed by atoms with Crippen molar-refractivity contribution < 1.29 is 14.3 Å². The molecule has 0 aliphatic carbocycles. The van der Waals surface area contributed by atoms with Gasteiger partial charge in [0.2, 0.25) is 0 Å². The van der Waals surface area contributed by atoms with Crippen LogP contribution in [0.5, 0.6) is 0 Å². The molecule has 21 heavy (non-hydrogen) atoms. The van der Waals surface area contributed by atoms with Crippen molar-refractivity contribution in [3.8, 4) is 0 Å². The zero-order chi connectivity index (χ0) is 15.3. The Morgan fingerprint density at radius 2 is 1.43 bits per heavy atom. The Morgan fingerprint density at radius 1 is 0.857 bits per heavy atom. The van der Waals surface area contributed by atoms with Gasteiger partial charge in [0.1, 0.15) is 0 Å². The van der Waals surface area contributed by atoms with Crippen molar-refractivity contribution in [2.45, 2.75) is 77.2 Å². The third-order valence-electron chi connectivity index (χ3n) is 3.73. The van der Waals surface area contributed by atoms with E-state index in [0.29, 0.717) is 6.42 Å². The standard InChI is InChI=1S/C18H28O3/c1-16-12-8-6-4-2-3-5-7-9-13-17(19)14-10-11-15-18(20)21-16/h10-11,14-16H,2-9,12-13H2,1H3/b14-10-,15-11+/t16-/m0/s1. The number of carbonyl (C=O) groups is 2. The normalized spacial score (nSPS) is 27.2. The van der Waals surface area contributed by atoms with Crippen molar-refractivity contribution in [2.24, 2.45) is 0 Å². The average molecular weight is 292 g/mol. The van der Waals surface area contributed by atoms with Gasteiger partial charge in [-0.2, -0.15) is 0 Å². The lowest BCUT2D eigenvalue weighted by Gasteiger charge is -2.11. The molecular weight excluding hydrogens is 264 g/mol. The highest BCUT2D eigenvalue weighted by Crippen LogP contribution is 2.13. The summed E-state index contributed by atoms with van der Waals surface area (Å²) < 4.78 is 5.28. The Morgan fingerprint density at radius 3 is 2.14 bits per heavy atom. The van der Waals surface area contributed by atoms with Crippen molar-refractivity contribution in [3.05, 3.63) is 24.3 Å². The quantitative estimate of drug-likeness (QED) is 0.617. The van der Waals surface area contributed by atoms with E-state index in [1.54, 1.807) is 12.2 Å². The van der Waals surface area contributed by atoms with Crippen LogP contribution < -0.4 is 0 Å². The number of hydrogen-bond acceptors (Lipinski definition) is 3. The van der Waals surface area contributed by atoms with Gasteiger partial charge in [-0.05, 0) is 32.3 Å². The van der Waals surface area contributed by atoms with E-state index in [1.807, 2.05) is 6.92 Å². The summed E-state index contributed by atoms with van der Waals surface area (Å²) in [5, 5.41) is 0. The van der Waals surface area contributed by atoms with Gasteiger partial charge in [0, 0.05) is 12.5 Å². The highest BCUT2D eigenvalue weighted by atomic mass is 16.5. The Balaban J connectivity index is 2.45. The maximum atomic E-state index is 11.6. The largest absolute Gasteiger partial charge is 0.460 e. The first-order valence-electron chi connectivity index (χ1n) is 8.26. The minimum atomic E-state index is -0.333. The number of ether oxygens (including phenoxy) is 1. The fourth-order valence-corrected chi connectivity index (χ4v) is 2.47. The van der Waals surface area contributed by atoms with Crippen LogP contribution in [0.25, 0.3) is 0 Å². The maximum Gasteiger partial charge on any atom is 0.331 e. The lowest BCUT2D eigenvalue weighted by molar-refractivity contribution is -0.142. The van der Waals surface area contributed by atoms with Crippen LogP contribution in [-0.2, 0) is 14.3 Å². The molecule has 0 aromatic heterocycles. The number of allylic oxidation sites excluding steroid dienone is 3. The first-order chi connectivity index (χ1) is 10.2. The van der Waals surface area contributed by atoms with Gasteiger partial charge in [0.25, 0.3) is 0 Å². The molecule has 118 valence electrons. The molecule has 0 saturated carbocycles. The zero-order valence-electron chi connectivity index (χ0n) is 13.2. The number of esters is 1. The molecule has 0 amide bonds. The summed E-state index contributed by atoms with van der Waals surface area (Å²) in [6, 6.07) is 0. The first-order valence-corrected chi connectivity index (χ1v) is 8.26. The monoisotopic (exact) mass is 292 g/mol. The molecule has 1 rings (SSSR count). The SMILES string of the molecule is C[C@H]1CCCCCCCCCCC(=O)/C=C\C=C\C(=O)O1. The van der Waals surface area contributed by atoms with E-state index in [1.165, 1.54) is 44.3 Å². The second kappa shape index (κ2) is 11.3. The maximum absolute atomic E-state index is 11.6. The summed E-state index contributed by atoms with van der Waals surface area (Å²) in [5.41, 5.74) is 0. The molecule has 1 atom stereocenters. The number of rotatable bonds is 0. The number of hydrogen-bond donors (Lipinski definition) is 0. The molecule has 1 aliphatic rings. The fraction of sp³-hybridized carbons (Fsp3) is 0.667. The molecule has 0 radical (unpaired) electrons. The lowest BCUT2D eigenvalue weighted by atomic mass is 10.0. The smallest absolute Gasteiger partial charge is 0.331 e. The molecule has 0 aromatic carbocycles. The van der Waals surface area contributed by atoms with Crippen molar-refractivity contribution in [1.29, 1.82) is 0 Å². The molecule has 0 fully saturated rings. The van der Waals surface area contributed by atoms with Crippen molar-refractivity contribution in [2.75, 3.05) is 0 Å². The van der Waals surface area contributed by atoms with Crippen LogP contribution in [0.4, 0.5) is 0 Å². The summed E-state index contributed by atoms with van der Waals surface area (Å²) in [5.74, 6) is -0.205. The Hall–Kier alpha value is -1.38. The molecule has 3 heteroatoms. The predicted molar refractivity (Wildman–Crippen MR) is 85.0 cm³/mol. The van der Waals surface area contributed by atoms with Crippen LogP contribution in [-0.4, -0.2) is 17.9 Å². The van der Waals surface area contributed by atoms with Gasteiger partial charge >= 0.3 is 5.97 Å². The van der Waals surface area contributed by atoms with Crippen LogP contribution in [0.15, 0.2) is 24.3 Å². The fourth-order valence-electron chi connectivity index (χ4n) is 2.47. The Kier molecular flexibility index (Phi) is 9.51. The van der Waals surface area contributed by atoms with Crippen molar-refractivity contribution >= 4 is 11.8 Å². The third kappa shape index (κ3) is 10.1. The van der Waals surface area contributed by atoms with Crippen LogP contribution in [0, 0.1) is 0 Å². The van der Waals surface area contributed by atoms with Crippen molar-refractivity contribution in [3.63, 3.8) is 0 Å². The molecule has 0 unspecified atom stereocenters. The van der Waals surface area contributed by atoms with E-state index in [2.05, 4.69) is 0 Å². The summed E-state index contributed by atoms with van der Waals surface area (Å²) in [6.07, 6.45) is 17.0. The van der Waals surface area contributed by atoms with Gasteiger partial charge < -0.3 is 4.74 Å². The van der Waals surface area contributed by atoms with E-state index < -0.39 is 0 Å². The van der Waals surface area contributed by atoms with Gasteiger partial charge in [-0.25, -0.2) is 4.79 Å². The Bertz CT molecular complexity index is 369. The number of ketones is 1. The van der Waals surface area contributed by atoms with Gasteiger partial charge in [-0.15, -0.1) is 0 Å². The third-order valence-corrected chi connectivity index (χ3v) is 3.73. The van der Waals surface area contributed by atoms with E-state index in [-0.39, 0.29) is 17.9 Å². The van der Waals surface area contributed by atoms with Crippen LogP contribution in [0.3, 0.4) is 0 Å². The molecule has 1 heterocycles. The lowest BCUT2D eigenvalue weighted by Crippen LogP contribution is -2.12. The summed E-state index contributed by atoms with van der Waals surface area (Å²) in [7, 11) is 0. The van der Waals surface area contributed by atoms with Crippen LogP contribution in [0.1, 0.15) is 71.1 Å². The molecule has 0 saturated heterocycles. The van der Waals surface area contributed by atoms with E-state index in [4.69, 9.17) is 4.74 Å². The summed E-state index contributed by atoms with van der Waals surface area (Å²) in [4.78, 5) is 23.1. The second-order valence-electron chi connectivity index (χ2n) is 5.80. The van der Waals surface area contributed by atoms with Gasteiger partial charge in [-0.1, -0.05) is 50.7 Å². The van der Waals surface area contributed by atoms with E-state index in [9.17, 15) is 9.59 Å². The minimum Gasteiger partial charge on any atom is -0.460 e. The molecule has 0 spiro atoms. The Labute approximate surface area is 128 Å². The van der Waals surface area contributed by atoms with E-state index in [0.717, 1.165) is 25.7 Å². The molecule has 0 bridgehead atoms. The molecule has 1 aliphatic heterocycles. The molecular formula is C18H28O3. The summed E-state index contributed by atoms with van der Waals surface area (Å²) in [6.45, 7) is 1.93. The van der Waals surface area contributed by atoms with Gasteiger partial charge in [0.05, 0.1) is 6.10 Å². The average Bonchev–Trinajstić information content (AvgIpc) is 2.44. The predicted octanol–water partition coefficient (Wildman–Crippen LogP) is 4.51. The summed E-state index contributed by atoms with van der Waals surface area (Å²) >= 11 is 0. The molecule has 3 nitrogen and oxygen atoms in total. The van der Waals surface area contributed by atoms with E-state index >= 15 is 0 Å². The molecule has 0 N–H and O–H groups in total. The first kappa shape index (κ1) is 17.7. The number of carbonyl (C=O) groups excluding carboxylic acids is 2. The number of cyclic esters (lactones) is 1. The van der Waals surface area contributed by atoms with Crippen molar-refractivity contribution in [1.82, 2.24) is 0 Å². The highest BCUT2D eigenvalue weighted by Gasteiger charge is 2.06. The van der Waals surface area contributed by atoms with Gasteiger partial charge in [0.15, 0.2) is 5.78 Å². The highest BCUT2D eigenvalue weighted by molar-refractivity contribution is 5.90. The second-order valence-corrected chi connectivity index (χ2v) is 5.80.